The van der Waals surface area contributed by atoms with Crippen molar-refractivity contribution in [2.24, 2.45) is 0 Å². The quantitative estimate of drug-likeness (QED) is 0.484. The number of carbonyl (C=O) groups excluding carboxylic acids is 1. The van der Waals surface area contributed by atoms with Crippen LogP contribution in [0.5, 0.6) is 11.5 Å². The highest BCUT2D eigenvalue weighted by Gasteiger charge is 2.33. The third-order valence-corrected chi connectivity index (χ3v) is 5.64. The van der Waals surface area contributed by atoms with Crippen LogP contribution in [0.3, 0.4) is 0 Å². The van der Waals surface area contributed by atoms with Gasteiger partial charge in [-0.25, -0.2) is 0 Å². The first-order valence-corrected chi connectivity index (χ1v) is 10.1. The number of ether oxygens (including phenoxy) is 3. The third kappa shape index (κ3) is 4.01. The second-order valence-electron chi connectivity index (χ2n) is 7.14. The lowest BCUT2D eigenvalue weighted by atomic mass is 10.00. The van der Waals surface area contributed by atoms with E-state index in [4.69, 9.17) is 37.4 Å². The number of methoxy groups -OCH3 is 1. The summed E-state index contributed by atoms with van der Waals surface area (Å²) >= 11 is 12.2. The molecule has 2 aromatic carbocycles. The van der Waals surface area contributed by atoms with E-state index < -0.39 is 0 Å². The third-order valence-electron chi connectivity index (χ3n) is 5.07. The number of nitrogens with zero attached hydrogens (tertiary/aromatic N) is 1. The number of carbonyl (C=O) groups is 1. The van der Waals surface area contributed by atoms with Gasteiger partial charge in [0.2, 0.25) is 5.78 Å². The zero-order valence-corrected chi connectivity index (χ0v) is 17.8. The normalized spacial score (nSPS) is 17.1. The predicted molar refractivity (Wildman–Crippen MR) is 113 cm³/mol. The molecular weight excluding hydrogens is 413 g/mol. The highest BCUT2D eigenvalue weighted by Crippen LogP contribution is 2.43. The van der Waals surface area contributed by atoms with E-state index in [0.29, 0.717) is 40.3 Å². The van der Waals surface area contributed by atoms with Crippen LogP contribution in [0.1, 0.15) is 33.5 Å². The van der Waals surface area contributed by atoms with Crippen molar-refractivity contribution in [3.63, 3.8) is 0 Å². The van der Waals surface area contributed by atoms with Crippen molar-refractivity contribution in [2.75, 3.05) is 27.0 Å². The summed E-state index contributed by atoms with van der Waals surface area (Å²) < 4.78 is 17.0. The van der Waals surface area contributed by atoms with Crippen molar-refractivity contribution in [3.8, 4) is 11.5 Å². The molecule has 0 saturated carbocycles. The van der Waals surface area contributed by atoms with E-state index >= 15 is 0 Å². The lowest BCUT2D eigenvalue weighted by Gasteiger charge is -2.30. The first kappa shape index (κ1) is 20.2. The molecular formula is C22H21Cl2NO4. The number of halogens is 2. The van der Waals surface area contributed by atoms with Gasteiger partial charge < -0.3 is 14.2 Å². The second kappa shape index (κ2) is 8.36. The van der Waals surface area contributed by atoms with Crippen LogP contribution in [0.2, 0.25) is 10.0 Å². The first-order valence-electron chi connectivity index (χ1n) is 9.38. The Morgan fingerprint density at radius 2 is 2.07 bits per heavy atom. The zero-order valence-electron chi connectivity index (χ0n) is 16.3. The zero-order chi connectivity index (χ0) is 20.5. The summed E-state index contributed by atoms with van der Waals surface area (Å²) in [5, 5.41) is 0.998. The van der Waals surface area contributed by atoms with Crippen molar-refractivity contribution in [2.45, 2.75) is 19.9 Å². The van der Waals surface area contributed by atoms with E-state index in [1.54, 1.807) is 31.4 Å². The van der Waals surface area contributed by atoms with Crippen molar-refractivity contribution in [1.29, 1.82) is 0 Å². The van der Waals surface area contributed by atoms with Gasteiger partial charge >= 0.3 is 0 Å². The molecule has 2 aliphatic heterocycles. The van der Waals surface area contributed by atoms with Crippen LogP contribution >= 0.6 is 23.2 Å². The number of ketones is 1. The van der Waals surface area contributed by atoms with E-state index in [-0.39, 0.29) is 11.5 Å². The molecule has 0 aromatic heterocycles. The predicted octanol–water partition coefficient (Wildman–Crippen LogP) is 5.11. The highest BCUT2D eigenvalue weighted by molar-refractivity contribution is 6.35. The molecule has 0 fully saturated rings. The van der Waals surface area contributed by atoms with Crippen molar-refractivity contribution in [3.05, 3.63) is 62.3 Å². The number of hydrogen-bond donors (Lipinski definition) is 0. The molecule has 2 heterocycles. The highest BCUT2D eigenvalue weighted by atomic mass is 35.5. The number of fused-ring (bicyclic) bond motifs is 2. The van der Waals surface area contributed by atoms with Crippen LogP contribution < -0.4 is 9.47 Å². The molecule has 2 aromatic rings. The fourth-order valence-corrected chi connectivity index (χ4v) is 4.10. The minimum Gasteiger partial charge on any atom is -0.477 e. The maximum absolute atomic E-state index is 13.0. The van der Waals surface area contributed by atoms with Crippen LogP contribution in [0.4, 0.5) is 0 Å². The maximum atomic E-state index is 13.0. The van der Waals surface area contributed by atoms with Crippen LogP contribution in [-0.4, -0.2) is 37.7 Å². The van der Waals surface area contributed by atoms with Gasteiger partial charge in [0.25, 0.3) is 0 Å². The topological polar surface area (TPSA) is 48.0 Å². The molecule has 0 radical (unpaired) electrons. The van der Waals surface area contributed by atoms with Crippen molar-refractivity contribution < 1.29 is 19.0 Å². The minimum absolute atomic E-state index is 0.159. The Kier molecular flexibility index (Phi) is 5.83. The molecule has 0 bridgehead atoms. The second-order valence-corrected chi connectivity index (χ2v) is 7.99. The van der Waals surface area contributed by atoms with Crippen LogP contribution in [0.15, 0.2) is 30.0 Å². The Labute approximate surface area is 179 Å². The van der Waals surface area contributed by atoms with E-state index in [1.165, 1.54) is 0 Å². The van der Waals surface area contributed by atoms with Gasteiger partial charge in [0.15, 0.2) is 5.76 Å². The SMILES string of the molecule is COCCCN1COc2c(cc3c(c2C)O/C(=C\c2ccc(Cl)cc2Cl)C3=O)C1. The summed E-state index contributed by atoms with van der Waals surface area (Å²) in [6.07, 6.45) is 2.58. The summed E-state index contributed by atoms with van der Waals surface area (Å²) in [5.74, 6) is 1.43. The van der Waals surface area contributed by atoms with Gasteiger partial charge in [0.05, 0.1) is 5.56 Å². The van der Waals surface area contributed by atoms with Gasteiger partial charge in [-0.3, -0.25) is 9.69 Å². The summed E-state index contributed by atoms with van der Waals surface area (Å²) in [7, 11) is 1.70. The Balaban J connectivity index is 1.62. The standard InChI is InChI=1S/C22H21Cl2NO4/c1-13-21-15(11-25(12-28-21)6-3-7-27-2)8-17-20(26)19(29-22(13)17)9-14-4-5-16(23)10-18(14)24/h4-5,8-10H,3,6-7,11-12H2,1-2H3/b19-9-. The summed E-state index contributed by atoms with van der Waals surface area (Å²) in [5.41, 5.74) is 3.07. The van der Waals surface area contributed by atoms with Crippen LogP contribution in [0, 0.1) is 6.92 Å². The molecule has 0 unspecified atom stereocenters. The molecule has 4 rings (SSSR count). The molecule has 0 atom stereocenters. The number of allylic oxidation sites excluding steroid dienone is 1. The van der Waals surface area contributed by atoms with Crippen molar-refractivity contribution >= 4 is 35.1 Å². The fraction of sp³-hybridized carbons (Fsp3) is 0.318. The lowest BCUT2D eigenvalue weighted by Crippen LogP contribution is -2.33. The fourth-order valence-electron chi connectivity index (χ4n) is 3.63. The first-order chi connectivity index (χ1) is 14.0. The van der Waals surface area contributed by atoms with Crippen molar-refractivity contribution in [1.82, 2.24) is 4.90 Å². The average molecular weight is 434 g/mol. The van der Waals surface area contributed by atoms with Gasteiger partial charge in [-0.1, -0.05) is 29.3 Å². The summed E-state index contributed by atoms with van der Waals surface area (Å²) in [6, 6.07) is 7.00. The molecule has 5 nitrogen and oxygen atoms in total. The van der Waals surface area contributed by atoms with E-state index in [1.807, 2.05) is 13.0 Å². The molecule has 0 N–H and O–H groups in total. The Bertz CT molecular complexity index is 1000. The summed E-state index contributed by atoms with van der Waals surface area (Å²) in [4.78, 5) is 15.2. The molecule has 7 heteroatoms. The molecule has 0 saturated heterocycles. The molecule has 0 aliphatic carbocycles. The van der Waals surface area contributed by atoms with Gasteiger partial charge in [0, 0.05) is 48.0 Å². The summed E-state index contributed by atoms with van der Waals surface area (Å²) in [6.45, 7) is 4.73. The average Bonchev–Trinajstić information content (AvgIpc) is 3.00. The molecule has 0 spiro atoms. The monoisotopic (exact) mass is 433 g/mol. The van der Waals surface area contributed by atoms with E-state index in [0.717, 1.165) is 36.4 Å². The number of hydrogen-bond acceptors (Lipinski definition) is 5. The Morgan fingerprint density at radius 3 is 2.83 bits per heavy atom. The van der Waals surface area contributed by atoms with Gasteiger partial charge in [0.1, 0.15) is 18.2 Å². The maximum Gasteiger partial charge on any atom is 0.231 e. The molecule has 152 valence electrons. The Hall–Kier alpha value is -2.05. The van der Waals surface area contributed by atoms with E-state index in [9.17, 15) is 4.79 Å². The van der Waals surface area contributed by atoms with E-state index in [2.05, 4.69) is 4.90 Å². The van der Waals surface area contributed by atoms with Gasteiger partial charge in [-0.05, 0) is 43.2 Å². The number of benzene rings is 2. The molecule has 2 aliphatic rings. The van der Waals surface area contributed by atoms with Gasteiger partial charge in [-0.15, -0.1) is 0 Å². The minimum atomic E-state index is -0.159. The molecule has 29 heavy (non-hydrogen) atoms. The Morgan fingerprint density at radius 1 is 1.24 bits per heavy atom. The number of rotatable bonds is 5. The largest absolute Gasteiger partial charge is 0.477 e. The smallest absolute Gasteiger partial charge is 0.231 e. The molecule has 0 amide bonds. The van der Waals surface area contributed by atoms with Crippen LogP contribution in [0.25, 0.3) is 6.08 Å². The van der Waals surface area contributed by atoms with Crippen LogP contribution in [-0.2, 0) is 11.3 Å². The number of Topliss-reactive ketones (excluding diaryl/α,β-unsaturated/α-hetero) is 1. The van der Waals surface area contributed by atoms with Gasteiger partial charge in [-0.2, -0.15) is 0 Å². The lowest BCUT2D eigenvalue weighted by molar-refractivity contribution is 0.0826.